The largest absolute Gasteiger partial charge is 0.378 e. The number of hydrogen-bond acceptors (Lipinski definition) is 1. The normalized spacial score (nSPS) is 23.4. The highest BCUT2D eigenvalue weighted by Crippen LogP contribution is 2.40. The van der Waals surface area contributed by atoms with Crippen LogP contribution in [-0.4, -0.2) is 6.04 Å². The summed E-state index contributed by atoms with van der Waals surface area (Å²) in [6.07, 6.45) is 1.99. The van der Waals surface area contributed by atoms with Crippen LogP contribution in [0.3, 0.4) is 0 Å². The van der Waals surface area contributed by atoms with Crippen LogP contribution < -0.4 is 5.32 Å². The van der Waals surface area contributed by atoms with Gasteiger partial charge in [0.15, 0.2) is 0 Å². The van der Waals surface area contributed by atoms with Crippen LogP contribution >= 0.6 is 0 Å². The van der Waals surface area contributed by atoms with E-state index in [1.165, 1.54) is 11.3 Å². The topological polar surface area (TPSA) is 12.0 Å². The summed E-state index contributed by atoms with van der Waals surface area (Å²) in [6, 6.07) is 8.82. The van der Waals surface area contributed by atoms with Crippen LogP contribution in [-0.2, 0) is 5.41 Å². The van der Waals surface area contributed by atoms with Crippen molar-refractivity contribution < 1.29 is 0 Å². The maximum absolute atomic E-state index is 3.86. The Morgan fingerprint density at radius 1 is 1.38 bits per heavy atom. The first kappa shape index (κ1) is 8.36. The first-order valence-corrected chi connectivity index (χ1v) is 4.65. The number of nitrogens with one attached hydrogen (secondary N) is 1. The monoisotopic (exact) mass is 173 g/mol. The molecule has 0 aromatic heterocycles. The molecule has 1 nitrogen and oxygen atoms in total. The molecular formula is C12H15N. The zero-order chi connectivity index (χ0) is 9.47. The molecule has 0 saturated heterocycles. The molecule has 0 bridgehead atoms. The van der Waals surface area contributed by atoms with Gasteiger partial charge in [0.1, 0.15) is 0 Å². The Morgan fingerprint density at radius 3 is 2.69 bits per heavy atom. The number of para-hydroxylation sites is 1. The van der Waals surface area contributed by atoms with Crippen LogP contribution in [0.5, 0.6) is 0 Å². The van der Waals surface area contributed by atoms with Crippen molar-refractivity contribution in [3.05, 3.63) is 42.5 Å². The van der Waals surface area contributed by atoms with E-state index < -0.39 is 0 Å². The van der Waals surface area contributed by atoms with Gasteiger partial charge in [-0.3, -0.25) is 0 Å². The summed E-state index contributed by atoms with van der Waals surface area (Å²) in [5.41, 5.74) is 2.80. The number of rotatable bonds is 1. The third-order valence-electron chi connectivity index (χ3n) is 2.95. The molecule has 0 saturated carbocycles. The zero-order valence-electron chi connectivity index (χ0n) is 8.17. The van der Waals surface area contributed by atoms with E-state index in [9.17, 15) is 0 Å². The van der Waals surface area contributed by atoms with Gasteiger partial charge in [-0.25, -0.2) is 0 Å². The minimum Gasteiger partial charge on any atom is -0.378 e. The van der Waals surface area contributed by atoms with E-state index in [0.29, 0.717) is 6.04 Å². The van der Waals surface area contributed by atoms with Crippen molar-refractivity contribution >= 4 is 5.69 Å². The van der Waals surface area contributed by atoms with Gasteiger partial charge < -0.3 is 5.32 Å². The molecule has 1 N–H and O–H groups in total. The molecule has 1 atom stereocenters. The summed E-state index contributed by atoms with van der Waals surface area (Å²) in [5, 5.41) is 3.46. The van der Waals surface area contributed by atoms with Crippen LogP contribution in [0.2, 0.25) is 0 Å². The highest BCUT2D eigenvalue weighted by Gasteiger charge is 2.36. The van der Waals surface area contributed by atoms with Crippen molar-refractivity contribution in [1.82, 2.24) is 0 Å². The molecule has 2 rings (SSSR count). The van der Waals surface area contributed by atoms with E-state index in [0.717, 1.165) is 0 Å². The van der Waals surface area contributed by atoms with E-state index in [2.05, 4.69) is 50.0 Å². The molecule has 1 aromatic carbocycles. The first-order chi connectivity index (χ1) is 6.16. The Kier molecular flexibility index (Phi) is 1.69. The Hall–Kier alpha value is -1.24. The van der Waals surface area contributed by atoms with Crippen LogP contribution in [0.1, 0.15) is 19.4 Å². The van der Waals surface area contributed by atoms with Crippen molar-refractivity contribution in [1.29, 1.82) is 0 Å². The second kappa shape index (κ2) is 2.63. The maximum Gasteiger partial charge on any atom is 0.0534 e. The first-order valence-electron chi connectivity index (χ1n) is 4.65. The van der Waals surface area contributed by atoms with Crippen molar-refractivity contribution in [3.63, 3.8) is 0 Å². The zero-order valence-corrected chi connectivity index (χ0v) is 8.17. The van der Waals surface area contributed by atoms with Crippen LogP contribution in [0.15, 0.2) is 36.9 Å². The summed E-state index contributed by atoms with van der Waals surface area (Å²) in [5.74, 6) is 0. The predicted octanol–water partition coefficient (Wildman–Crippen LogP) is 2.94. The fraction of sp³-hybridized carbons (Fsp3) is 0.333. The molecule has 0 fully saturated rings. The molecular weight excluding hydrogens is 158 g/mol. The van der Waals surface area contributed by atoms with Gasteiger partial charge in [0.05, 0.1) is 6.04 Å². The molecule has 0 spiro atoms. The molecule has 0 radical (unpaired) electrons. The summed E-state index contributed by atoms with van der Waals surface area (Å²) in [7, 11) is 0. The third-order valence-corrected chi connectivity index (χ3v) is 2.95. The van der Waals surface area contributed by atoms with Crippen molar-refractivity contribution in [3.8, 4) is 0 Å². The molecule has 1 unspecified atom stereocenters. The smallest absolute Gasteiger partial charge is 0.0534 e. The van der Waals surface area contributed by atoms with Gasteiger partial charge in [-0.1, -0.05) is 38.1 Å². The summed E-state index contributed by atoms with van der Waals surface area (Å²) < 4.78 is 0. The van der Waals surface area contributed by atoms with Gasteiger partial charge in [-0.15, -0.1) is 6.58 Å². The Morgan fingerprint density at radius 2 is 2.08 bits per heavy atom. The van der Waals surface area contributed by atoms with E-state index in [1.54, 1.807) is 0 Å². The van der Waals surface area contributed by atoms with Crippen molar-refractivity contribution in [2.24, 2.45) is 0 Å². The molecule has 1 heteroatoms. The van der Waals surface area contributed by atoms with Gasteiger partial charge in [-0.2, -0.15) is 0 Å². The average Bonchev–Trinajstić information content (AvgIpc) is 2.39. The highest BCUT2D eigenvalue weighted by molar-refractivity contribution is 5.62. The lowest BCUT2D eigenvalue weighted by Crippen LogP contribution is -2.30. The van der Waals surface area contributed by atoms with Crippen LogP contribution in [0, 0.1) is 0 Å². The van der Waals surface area contributed by atoms with E-state index >= 15 is 0 Å². The number of fused-ring (bicyclic) bond motifs is 1. The standard InChI is InChI=1S/C12H15N/c1-4-11-12(2,3)9-7-5-6-8-10(9)13-11/h4-8,11,13H,1H2,2-3H3. The lowest BCUT2D eigenvalue weighted by atomic mass is 9.81. The second-order valence-electron chi connectivity index (χ2n) is 4.12. The average molecular weight is 173 g/mol. The fourth-order valence-corrected chi connectivity index (χ4v) is 2.04. The quantitative estimate of drug-likeness (QED) is 0.644. The van der Waals surface area contributed by atoms with Gasteiger partial charge in [0, 0.05) is 11.1 Å². The predicted molar refractivity (Wildman–Crippen MR) is 57.1 cm³/mol. The molecule has 0 aliphatic carbocycles. The third kappa shape index (κ3) is 1.07. The van der Waals surface area contributed by atoms with E-state index in [1.807, 2.05) is 6.08 Å². The summed E-state index contributed by atoms with van der Waals surface area (Å²) in [6.45, 7) is 8.36. The van der Waals surface area contributed by atoms with Crippen molar-refractivity contribution in [2.75, 3.05) is 5.32 Å². The van der Waals surface area contributed by atoms with Crippen molar-refractivity contribution in [2.45, 2.75) is 25.3 Å². The molecule has 13 heavy (non-hydrogen) atoms. The van der Waals surface area contributed by atoms with Crippen LogP contribution in [0.25, 0.3) is 0 Å². The highest BCUT2D eigenvalue weighted by atomic mass is 15.0. The number of anilines is 1. The molecule has 68 valence electrons. The summed E-state index contributed by atoms with van der Waals surface area (Å²) >= 11 is 0. The lowest BCUT2D eigenvalue weighted by molar-refractivity contribution is 0.518. The number of benzene rings is 1. The molecule has 0 amide bonds. The molecule has 1 aliphatic heterocycles. The number of hydrogen-bond donors (Lipinski definition) is 1. The Balaban J connectivity index is 2.53. The van der Waals surface area contributed by atoms with E-state index in [4.69, 9.17) is 0 Å². The minimum atomic E-state index is 0.165. The van der Waals surface area contributed by atoms with Gasteiger partial charge in [-0.05, 0) is 11.6 Å². The second-order valence-corrected chi connectivity index (χ2v) is 4.12. The Bertz CT molecular complexity index is 339. The summed E-state index contributed by atoms with van der Waals surface area (Å²) in [4.78, 5) is 0. The lowest BCUT2D eigenvalue weighted by Gasteiger charge is -2.24. The molecule has 1 heterocycles. The minimum absolute atomic E-state index is 0.165. The SMILES string of the molecule is C=CC1Nc2ccccc2C1(C)C. The maximum atomic E-state index is 3.86. The van der Waals surface area contributed by atoms with Gasteiger partial charge >= 0.3 is 0 Å². The van der Waals surface area contributed by atoms with Gasteiger partial charge in [0.2, 0.25) is 0 Å². The van der Waals surface area contributed by atoms with Crippen LogP contribution in [0.4, 0.5) is 5.69 Å². The van der Waals surface area contributed by atoms with Gasteiger partial charge in [0.25, 0.3) is 0 Å². The fourth-order valence-electron chi connectivity index (χ4n) is 2.04. The molecule has 1 aliphatic rings. The molecule has 1 aromatic rings. The Labute approximate surface area is 79.5 Å². The van der Waals surface area contributed by atoms with E-state index in [-0.39, 0.29) is 5.41 Å².